The van der Waals surface area contributed by atoms with Gasteiger partial charge < -0.3 is 0 Å². The van der Waals surface area contributed by atoms with Crippen LogP contribution >= 0.6 is 0 Å². The molecule has 0 spiro atoms. The summed E-state index contributed by atoms with van der Waals surface area (Å²) in [7, 11) is 1.95. The van der Waals surface area contributed by atoms with Gasteiger partial charge in [-0.15, -0.1) is 0 Å². The Hall–Kier alpha value is -0.791. The van der Waals surface area contributed by atoms with Gasteiger partial charge in [-0.25, -0.2) is 0 Å². The fourth-order valence-corrected chi connectivity index (χ4v) is 2.99. The molecule has 0 amide bonds. The zero-order chi connectivity index (χ0) is 7.84. The Morgan fingerprint density at radius 1 is 1.36 bits per heavy atom. The molecule has 0 saturated carbocycles. The summed E-state index contributed by atoms with van der Waals surface area (Å²) in [6, 6.07) is 8.23. The van der Waals surface area contributed by atoms with Crippen LogP contribution in [0.3, 0.4) is 0 Å². The summed E-state index contributed by atoms with van der Waals surface area (Å²) in [6.45, 7) is 0. The molecule has 0 saturated heterocycles. The number of benzene rings is 1. The summed E-state index contributed by atoms with van der Waals surface area (Å²) in [6.07, 6.45) is 0. The van der Waals surface area contributed by atoms with Gasteiger partial charge in [0.15, 0.2) is 0 Å². The fourth-order valence-electron chi connectivity index (χ4n) is 1.10. The van der Waals surface area contributed by atoms with E-state index in [0.29, 0.717) is 0 Å². The Morgan fingerprint density at radius 3 is 2.82 bits per heavy atom. The molecule has 0 aliphatic rings. The summed E-state index contributed by atoms with van der Waals surface area (Å²) in [4.78, 5) is 0. The minimum atomic E-state index is 0.241. The van der Waals surface area contributed by atoms with Gasteiger partial charge in [0.1, 0.15) is 0 Å². The Kier molecular flexibility index (Phi) is 1.48. The van der Waals surface area contributed by atoms with Gasteiger partial charge in [0.2, 0.25) is 0 Å². The van der Waals surface area contributed by atoms with Crippen molar-refractivity contribution < 1.29 is 0 Å². The molecule has 1 heterocycles. The second-order valence-electron chi connectivity index (χ2n) is 2.43. The van der Waals surface area contributed by atoms with Crippen molar-refractivity contribution in [3.63, 3.8) is 0 Å². The van der Waals surface area contributed by atoms with Crippen LogP contribution in [0.2, 0.25) is 0 Å². The average molecular weight is 211 g/mol. The molecular formula is C8H8N2Se. The molecule has 0 aliphatic heterocycles. The number of nitrogens with zero attached hydrogens (tertiary/aromatic N) is 1. The van der Waals surface area contributed by atoms with Crippen LogP contribution in [0.15, 0.2) is 24.3 Å². The fraction of sp³-hybridized carbons (Fsp3) is 0.125. The first-order valence-electron chi connectivity index (χ1n) is 3.38. The molecular weight excluding hydrogens is 203 g/mol. The van der Waals surface area contributed by atoms with Crippen molar-refractivity contribution in [3.05, 3.63) is 28.6 Å². The van der Waals surface area contributed by atoms with Crippen LogP contribution in [0.1, 0.15) is 0 Å². The van der Waals surface area contributed by atoms with E-state index in [1.165, 1.54) is 9.78 Å². The Bertz CT molecular complexity index is 439. The average Bonchev–Trinajstić information content (AvgIpc) is 2.30. The topological polar surface area (TPSA) is 28.8 Å². The number of hydrogen-bond donors (Lipinski definition) is 1. The molecule has 56 valence electrons. The van der Waals surface area contributed by atoms with Crippen molar-refractivity contribution in [2.75, 3.05) is 0 Å². The zero-order valence-corrected chi connectivity index (χ0v) is 7.88. The minimum absolute atomic E-state index is 0.241. The summed E-state index contributed by atoms with van der Waals surface area (Å²) in [5.74, 6) is 0. The van der Waals surface area contributed by atoms with Crippen LogP contribution < -0.4 is 4.36 Å². The van der Waals surface area contributed by atoms with Crippen molar-refractivity contribution >= 4 is 24.3 Å². The first-order valence-corrected chi connectivity index (χ1v) is 5.09. The van der Waals surface area contributed by atoms with Gasteiger partial charge >= 0.3 is 69.9 Å². The number of aryl methyl sites for hydroxylation is 1. The summed E-state index contributed by atoms with van der Waals surface area (Å²) < 4.78 is 4.03. The molecule has 2 aromatic rings. The van der Waals surface area contributed by atoms with E-state index in [1.807, 2.05) is 23.7 Å². The monoisotopic (exact) mass is 212 g/mol. The standard InChI is InChI=1S/C8H8N2Se/c1-10-6-4-2-3-5-7(6)11-8(10)9/h2-5,9H,1H3. The Labute approximate surface area is 70.4 Å². The predicted octanol–water partition coefficient (Wildman–Crippen LogP) is 0.715. The van der Waals surface area contributed by atoms with Crippen molar-refractivity contribution in [2.45, 2.75) is 0 Å². The third-order valence-corrected chi connectivity index (χ3v) is 3.90. The number of para-hydroxylation sites is 1. The quantitative estimate of drug-likeness (QED) is 0.622. The van der Waals surface area contributed by atoms with E-state index in [2.05, 4.69) is 12.1 Å². The van der Waals surface area contributed by atoms with Crippen LogP contribution in [-0.2, 0) is 7.05 Å². The maximum atomic E-state index is 7.59. The van der Waals surface area contributed by atoms with Gasteiger partial charge in [0, 0.05) is 0 Å². The second kappa shape index (κ2) is 2.36. The number of aromatic nitrogens is 1. The van der Waals surface area contributed by atoms with E-state index in [4.69, 9.17) is 5.41 Å². The maximum absolute atomic E-state index is 7.59. The van der Waals surface area contributed by atoms with E-state index < -0.39 is 0 Å². The summed E-state index contributed by atoms with van der Waals surface area (Å²) >= 11 is 0.241. The molecule has 11 heavy (non-hydrogen) atoms. The van der Waals surface area contributed by atoms with Gasteiger partial charge in [-0.1, -0.05) is 0 Å². The first-order chi connectivity index (χ1) is 5.29. The second-order valence-corrected chi connectivity index (χ2v) is 4.60. The number of fused-ring (bicyclic) bond motifs is 1. The van der Waals surface area contributed by atoms with Crippen LogP contribution in [0.5, 0.6) is 0 Å². The molecule has 0 radical (unpaired) electrons. The summed E-state index contributed by atoms with van der Waals surface area (Å²) in [5, 5.41) is 7.59. The first kappa shape index (κ1) is 6.89. The number of nitrogens with one attached hydrogen (secondary N) is 1. The van der Waals surface area contributed by atoms with Gasteiger partial charge in [-0.2, -0.15) is 0 Å². The van der Waals surface area contributed by atoms with Crippen LogP contribution in [0, 0.1) is 5.41 Å². The molecule has 1 N–H and O–H groups in total. The van der Waals surface area contributed by atoms with E-state index in [1.54, 1.807) is 0 Å². The van der Waals surface area contributed by atoms with Crippen LogP contribution in [-0.4, -0.2) is 19.1 Å². The predicted molar refractivity (Wildman–Crippen MR) is 45.7 cm³/mol. The van der Waals surface area contributed by atoms with E-state index in [9.17, 15) is 0 Å². The van der Waals surface area contributed by atoms with Crippen LogP contribution in [0.4, 0.5) is 0 Å². The van der Waals surface area contributed by atoms with Crippen molar-refractivity contribution in [2.24, 2.45) is 7.05 Å². The molecule has 2 rings (SSSR count). The zero-order valence-electron chi connectivity index (χ0n) is 6.16. The SMILES string of the molecule is Cn1c(=N)[se]c2ccccc21. The third kappa shape index (κ3) is 0.970. The third-order valence-electron chi connectivity index (χ3n) is 1.74. The van der Waals surface area contributed by atoms with Crippen molar-refractivity contribution in [1.29, 1.82) is 5.41 Å². The molecule has 0 aliphatic carbocycles. The number of rotatable bonds is 0. The van der Waals surface area contributed by atoms with E-state index >= 15 is 0 Å². The van der Waals surface area contributed by atoms with Gasteiger partial charge in [-0.05, 0) is 0 Å². The molecule has 1 aromatic heterocycles. The molecule has 1 aromatic carbocycles. The number of hydrogen-bond acceptors (Lipinski definition) is 1. The van der Waals surface area contributed by atoms with Crippen molar-refractivity contribution in [3.8, 4) is 0 Å². The van der Waals surface area contributed by atoms with Crippen molar-refractivity contribution in [1.82, 2.24) is 4.57 Å². The molecule has 0 bridgehead atoms. The Balaban J connectivity index is 3.04. The van der Waals surface area contributed by atoms with E-state index in [0.717, 1.165) is 4.36 Å². The van der Waals surface area contributed by atoms with Gasteiger partial charge in [0.05, 0.1) is 0 Å². The molecule has 2 nitrogen and oxygen atoms in total. The molecule has 0 fully saturated rings. The Morgan fingerprint density at radius 2 is 2.09 bits per heavy atom. The van der Waals surface area contributed by atoms with Crippen LogP contribution in [0.25, 0.3) is 9.78 Å². The molecule has 0 unspecified atom stereocenters. The van der Waals surface area contributed by atoms with Gasteiger partial charge in [0.25, 0.3) is 0 Å². The molecule has 3 heteroatoms. The van der Waals surface area contributed by atoms with Gasteiger partial charge in [-0.3, -0.25) is 0 Å². The molecule has 0 atom stereocenters. The van der Waals surface area contributed by atoms with E-state index in [-0.39, 0.29) is 14.5 Å². The summed E-state index contributed by atoms with van der Waals surface area (Å²) in [5.41, 5.74) is 1.21. The normalized spacial score (nSPS) is 10.6.